The van der Waals surface area contributed by atoms with Crippen molar-refractivity contribution in [3.05, 3.63) is 16.1 Å². The van der Waals surface area contributed by atoms with Crippen LogP contribution in [0.15, 0.2) is 5.38 Å². The molecule has 0 spiro atoms. The van der Waals surface area contributed by atoms with Gasteiger partial charge in [-0.1, -0.05) is 0 Å². The number of aliphatic hydroxyl groups is 1. The molecule has 4 heteroatoms. The second-order valence-corrected chi connectivity index (χ2v) is 4.79. The monoisotopic (exact) mass is 214 g/mol. The summed E-state index contributed by atoms with van der Waals surface area (Å²) in [4.78, 5) is 4.36. The highest BCUT2D eigenvalue weighted by Gasteiger charge is 2.06. The predicted molar refractivity (Wildman–Crippen MR) is 59.5 cm³/mol. The van der Waals surface area contributed by atoms with Gasteiger partial charge in [-0.05, 0) is 27.2 Å². The Hall–Kier alpha value is -0.450. The van der Waals surface area contributed by atoms with E-state index in [0.29, 0.717) is 6.04 Å². The van der Waals surface area contributed by atoms with E-state index in [4.69, 9.17) is 0 Å². The molecule has 3 nitrogen and oxygen atoms in total. The van der Waals surface area contributed by atoms with E-state index in [1.54, 1.807) is 11.3 Å². The molecule has 2 unspecified atom stereocenters. The minimum absolute atomic E-state index is 0.241. The second kappa shape index (κ2) is 5.44. The zero-order valence-electron chi connectivity index (χ0n) is 8.95. The first-order valence-electron chi connectivity index (χ1n) is 4.90. The van der Waals surface area contributed by atoms with Crippen LogP contribution in [0, 0.1) is 6.92 Å². The third kappa shape index (κ3) is 4.17. The summed E-state index contributed by atoms with van der Waals surface area (Å²) in [6.07, 6.45) is 0.540. The van der Waals surface area contributed by atoms with Gasteiger partial charge in [0.1, 0.15) is 0 Å². The highest BCUT2D eigenvalue weighted by molar-refractivity contribution is 7.09. The lowest BCUT2D eigenvalue weighted by Gasteiger charge is -2.14. The summed E-state index contributed by atoms with van der Waals surface area (Å²) in [7, 11) is 0. The normalized spacial score (nSPS) is 15.4. The lowest BCUT2D eigenvalue weighted by atomic mass is 10.1. The number of nitrogens with zero attached hydrogens (tertiary/aromatic N) is 1. The molecule has 0 aliphatic heterocycles. The molecule has 0 saturated carbocycles. The predicted octanol–water partition coefficient (Wildman–Crippen LogP) is 1.70. The molecule has 0 amide bonds. The molecule has 1 aromatic rings. The van der Waals surface area contributed by atoms with Crippen LogP contribution in [0.2, 0.25) is 0 Å². The first-order chi connectivity index (χ1) is 6.58. The van der Waals surface area contributed by atoms with Crippen molar-refractivity contribution >= 4 is 11.3 Å². The van der Waals surface area contributed by atoms with E-state index < -0.39 is 0 Å². The lowest BCUT2D eigenvalue weighted by molar-refractivity contribution is 0.170. The Morgan fingerprint density at radius 3 is 2.79 bits per heavy atom. The molecular weight excluding hydrogens is 196 g/mol. The summed E-state index contributed by atoms with van der Waals surface area (Å²) in [5.41, 5.74) is 1.09. The van der Waals surface area contributed by atoms with E-state index in [0.717, 1.165) is 23.7 Å². The Morgan fingerprint density at radius 1 is 1.57 bits per heavy atom. The molecule has 0 saturated heterocycles. The van der Waals surface area contributed by atoms with Crippen LogP contribution in [0.3, 0.4) is 0 Å². The van der Waals surface area contributed by atoms with E-state index in [1.807, 2.05) is 13.8 Å². The Balaban J connectivity index is 2.26. The molecule has 0 aliphatic carbocycles. The fraction of sp³-hybridized carbons (Fsp3) is 0.700. The van der Waals surface area contributed by atoms with Crippen LogP contribution in [0.4, 0.5) is 0 Å². The van der Waals surface area contributed by atoms with Crippen LogP contribution in [-0.4, -0.2) is 22.2 Å². The Bertz CT molecular complexity index is 273. The van der Waals surface area contributed by atoms with Gasteiger partial charge in [0.05, 0.1) is 16.8 Å². The number of aromatic nitrogens is 1. The topological polar surface area (TPSA) is 45.2 Å². The van der Waals surface area contributed by atoms with Gasteiger partial charge < -0.3 is 10.4 Å². The standard InChI is InChI=1S/C10H18N2OS/c1-7(4-8(2)13)11-5-10-6-14-9(3)12-10/h6-8,11,13H,4-5H2,1-3H3. The van der Waals surface area contributed by atoms with Crippen molar-refractivity contribution < 1.29 is 5.11 Å². The van der Waals surface area contributed by atoms with Crippen molar-refractivity contribution in [1.82, 2.24) is 10.3 Å². The van der Waals surface area contributed by atoms with Gasteiger partial charge in [-0.2, -0.15) is 0 Å². The minimum atomic E-state index is -0.241. The zero-order valence-corrected chi connectivity index (χ0v) is 9.77. The summed E-state index contributed by atoms with van der Waals surface area (Å²) in [6, 6.07) is 0.331. The lowest BCUT2D eigenvalue weighted by Crippen LogP contribution is -2.28. The zero-order chi connectivity index (χ0) is 10.6. The van der Waals surface area contributed by atoms with Crippen LogP contribution in [0.1, 0.15) is 31.0 Å². The summed E-state index contributed by atoms with van der Waals surface area (Å²) in [5, 5.41) is 15.7. The van der Waals surface area contributed by atoms with Gasteiger partial charge in [-0.15, -0.1) is 11.3 Å². The molecule has 1 rings (SSSR count). The summed E-state index contributed by atoms with van der Waals surface area (Å²) >= 11 is 1.67. The van der Waals surface area contributed by atoms with Crippen molar-refractivity contribution in [1.29, 1.82) is 0 Å². The van der Waals surface area contributed by atoms with Gasteiger partial charge in [0, 0.05) is 18.0 Å². The number of rotatable bonds is 5. The Labute approximate surface area is 89.2 Å². The summed E-state index contributed by atoms with van der Waals surface area (Å²) < 4.78 is 0. The highest BCUT2D eigenvalue weighted by atomic mass is 32.1. The molecule has 14 heavy (non-hydrogen) atoms. The minimum Gasteiger partial charge on any atom is -0.393 e. The molecule has 0 aromatic carbocycles. The fourth-order valence-electron chi connectivity index (χ4n) is 1.36. The van der Waals surface area contributed by atoms with E-state index in [-0.39, 0.29) is 6.10 Å². The van der Waals surface area contributed by atoms with E-state index >= 15 is 0 Å². The molecule has 1 heterocycles. The Morgan fingerprint density at radius 2 is 2.29 bits per heavy atom. The molecule has 0 bridgehead atoms. The van der Waals surface area contributed by atoms with Crippen LogP contribution in [-0.2, 0) is 6.54 Å². The SMILES string of the molecule is Cc1nc(CNC(C)CC(C)O)cs1. The van der Waals surface area contributed by atoms with E-state index in [9.17, 15) is 5.11 Å². The van der Waals surface area contributed by atoms with E-state index in [2.05, 4.69) is 22.6 Å². The van der Waals surface area contributed by atoms with Gasteiger partial charge in [-0.3, -0.25) is 0 Å². The number of aliphatic hydroxyl groups excluding tert-OH is 1. The molecule has 2 N–H and O–H groups in total. The highest BCUT2D eigenvalue weighted by Crippen LogP contribution is 2.08. The molecule has 1 aromatic heterocycles. The van der Waals surface area contributed by atoms with Gasteiger partial charge >= 0.3 is 0 Å². The van der Waals surface area contributed by atoms with Crippen molar-refractivity contribution in [2.45, 2.75) is 45.9 Å². The quantitative estimate of drug-likeness (QED) is 0.784. The molecular formula is C10H18N2OS. The molecule has 0 radical (unpaired) electrons. The first-order valence-corrected chi connectivity index (χ1v) is 5.78. The van der Waals surface area contributed by atoms with Gasteiger partial charge in [-0.25, -0.2) is 4.98 Å². The largest absolute Gasteiger partial charge is 0.393 e. The third-order valence-corrected chi connectivity index (χ3v) is 2.82. The third-order valence-electron chi connectivity index (χ3n) is 1.99. The fourth-order valence-corrected chi connectivity index (χ4v) is 1.98. The first kappa shape index (κ1) is 11.6. The van der Waals surface area contributed by atoms with Crippen LogP contribution >= 0.6 is 11.3 Å². The van der Waals surface area contributed by atoms with Gasteiger partial charge in [0.15, 0.2) is 0 Å². The van der Waals surface area contributed by atoms with Crippen molar-refractivity contribution in [2.75, 3.05) is 0 Å². The van der Waals surface area contributed by atoms with Crippen molar-refractivity contribution in [2.24, 2.45) is 0 Å². The summed E-state index contributed by atoms with van der Waals surface area (Å²) in [5.74, 6) is 0. The molecule has 2 atom stereocenters. The van der Waals surface area contributed by atoms with Crippen molar-refractivity contribution in [3.63, 3.8) is 0 Å². The number of thiazole rings is 1. The molecule has 0 fully saturated rings. The van der Waals surface area contributed by atoms with E-state index in [1.165, 1.54) is 0 Å². The van der Waals surface area contributed by atoms with Crippen molar-refractivity contribution in [3.8, 4) is 0 Å². The maximum absolute atomic E-state index is 9.17. The maximum atomic E-state index is 9.17. The van der Waals surface area contributed by atoms with Crippen LogP contribution < -0.4 is 5.32 Å². The number of nitrogens with one attached hydrogen (secondary N) is 1. The Kier molecular flexibility index (Phi) is 4.51. The maximum Gasteiger partial charge on any atom is 0.0897 e. The smallest absolute Gasteiger partial charge is 0.0897 e. The number of hydrogen-bond donors (Lipinski definition) is 2. The second-order valence-electron chi connectivity index (χ2n) is 3.72. The van der Waals surface area contributed by atoms with Crippen LogP contribution in [0.5, 0.6) is 0 Å². The van der Waals surface area contributed by atoms with Crippen LogP contribution in [0.25, 0.3) is 0 Å². The number of aryl methyl sites for hydroxylation is 1. The number of hydrogen-bond acceptors (Lipinski definition) is 4. The van der Waals surface area contributed by atoms with Gasteiger partial charge in [0.2, 0.25) is 0 Å². The average molecular weight is 214 g/mol. The molecule has 0 aliphatic rings. The average Bonchev–Trinajstić information content (AvgIpc) is 2.47. The summed E-state index contributed by atoms with van der Waals surface area (Å²) in [6.45, 7) is 6.68. The van der Waals surface area contributed by atoms with Gasteiger partial charge in [0.25, 0.3) is 0 Å². The molecule has 80 valence electrons.